The fourth-order valence-electron chi connectivity index (χ4n) is 3.58. The molecule has 3 rings (SSSR count). The first-order valence-electron chi connectivity index (χ1n) is 8.19. The van der Waals surface area contributed by atoms with Gasteiger partial charge in [-0.2, -0.15) is 0 Å². The van der Waals surface area contributed by atoms with Crippen molar-refractivity contribution in [3.8, 4) is 0 Å². The lowest BCUT2D eigenvalue weighted by molar-refractivity contribution is -0.119. The molecule has 1 aromatic carbocycles. The van der Waals surface area contributed by atoms with Crippen LogP contribution >= 0.6 is 0 Å². The summed E-state index contributed by atoms with van der Waals surface area (Å²) in [6.45, 7) is 1.78. The van der Waals surface area contributed by atoms with Crippen LogP contribution in [0.15, 0.2) is 24.3 Å². The summed E-state index contributed by atoms with van der Waals surface area (Å²) < 4.78 is 0. The smallest absolute Gasteiger partial charge is 0.136 e. The second-order valence-electron chi connectivity index (χ2n) is 6.31. The van der Waals surface area contributed by atoms with Gasteiger partial charge in [-0.15, -0.1) is 0 Å². The first kappa shape index (κ1) is 13.7. The molecule has 0 aromatic heterocycles. The van der Waals surface area contributed by atoms with Gasteiger partial charge in [0, 0.05) is 31.6 Å². The van der Waals surface area contributed by atoms with Crippen molar-refractivity contribution >= 4 is 11.5 Å². The quantitative estimate of drug-likeness (QED) is 0.748. The SMILES string of the molecule is O=C1CCN(c2ccc(C3CCCCCC3)cc2)CC1. The molecule has 0 atom stereocenters. The molecule has 0 amide bonds. The van der Waals surface area contributed by atoms with Crippen LogP contribution in [0.25, 0.3) is 0 Å². The Kier molecular flexibility index (Phi) is 4.39. The van der Waals surface area contributed by atoms with Gasteiger partial charge in [-0.05, 0) is 36.5 Å². The van der Waals surface area contributed by atoms with Crippen molar-refractivity contribution < 1.29 is 4.79 Å². The number of nitrogens with zero attached hydrogens (tertiary/aromatic N) is 1. The highest BCUT2D eigenvalue weighted by Gasteiger charge is 2.18. The van der Waals surface area contributed by atoms with Gasteiger partial charge in [0.25, 0.3) is 0 Å². The van der Waals surface area contributed by atoms with E-state index in [0.717, 1.165) is 19.0 Å². The Morgan fingerprint density at radius 2 is 1.45 bits per heavy atom. The van der Waals surface area contributed by atoms with Gasteiger partial charge in [0.15, 0.2) is 0 Å². The number of hydrogen-bond acceptors (Lipinski definition) is 2. The van der Waals surface area contributed by atoms with E-state index in [1.807, 2.05) is 0 Å². The monoisotopic (exact) mass is 271 g/mol. The number of Topliss-reactive ketones (excluding diaryl/α,β-unsaturated/α-hetero) is 1. The largest absolute Gasteiger partial charge is 0.371 e. The number of hydrogen-bond donors (Lipinski definition) is 0. The van der Waals surface area contributed by atoms with Crippen LogP contribution in [-0.4, -0.2) is 18.9 Å². The maximum absolute atomic E-state index is 11.3. The average molecular weight is 271 g/mol. The molecule has 2 fully saturated rings. The third-order valence-corrected chi connectivity index (χ3v) is 4.91. The molecule has 2 nitrogen and oxygen atoms in total. The van der Waals surface area contributed by atoms with Crippen molar-refractivity contribution in [2.75, 3.05) is 18.0 Å². The fourth-order valence-corrected chi connectivity index (χ4v) is 3.58. The van der Waals surface area contributed by atoms with Crippen LogP contribution in [0.3, 0.4) is 0 Å². The first-order valence-corrected chi connectivity index (χ1v) is 8.19. The van der Waals surface area contributed by atoms with E-state index in [1.165, 1.54) is 49.8 Å². The van der Waals surface area contributed by atoms with E-state index in [9.17, 15) is 4.79 Å². The number of rotatable bonds is 2. The highest BCUT2D eigenvalue weighted by Crippen LogP contribution is 2.32. The van der Waals surface area contributed by atoms with E-state index < -0.39 is 0 Å². The van der Waals surface area contributed by atoms with E-state index in [0.29, 0.717) is 18.6 Å². The fraction of sp³-hybridized carbons (Fsp3) is 0.611. The maximum atomic E-state index is 11.3. The van der Waals surface area contributed by atoms with E-state index in [1.54, 1.807) is 0 Å². The van der Waals surface area contributed by atoms with Crippen molar-refractivity contribution in [2.45, 2.75) is 57.3 Å². The summed E-state index contributed by atoms with van der Waals surface area (Å²) in [5.41, 5.74) is 2.80. The predicted octanol–water partition coefficient (Wildman–Crippen LogP) is 4.29. The molecule has 0 N–H and O–H groups in total. The second-order valence-corrected chi connectivity index (χ2v) is 6.31. The van der Waals surface area contributed by atoms with Gasteiger partial charge in [0.05, 0.1) is 0 Å². The second kappa shape index (κ2) is 6.43. The summed E-state index contributed by atoms with van der Waals surface area (Å²) in [7, 11) is 0. The van der Waals surface area contributed by atoms with Gasteiger partial charge >= 0.3 is 0 Å². The Balaban J connectivity index is 1.66. The highest BCUT2D eigenvalue weighted by atomic mass is 16.1. The number of carbonyl (C=O) groups is 1. The molecular formula is C18H25NO. The highest BCUT2D eigenvalue weighted by molar-refractivity contribution is 5.81. The Labute approximate surface area is 122 Å². The lowest BCUT2D eigenvalue weighted by Crippen LogP contribution is -2.33. The molecule has 108 valence electrons. The van der Waals surface area contributed by atoms with Crippen molar-refractivity contribution in [1.82, 2.24) is 0 Å². The zero-order valence-electron chi connectivity index (χ0n) is 12.3. The summed E-state index contributed by atoms with van der Waals surface area (Å²) >= 11 is 0. The molecule has 1 saturated heterocycles. The van der Waals surface area contributed by atoms with E-state index in [-0.39, 0.29) is 0 Å². The van der Waals surface area contributed by atoms with E-state index >= 15 is 0 Å². The maximum Gasteiger partial charge on any atom is 0.136 e. The van der Waals surface area contributed by atoms with Crippen molar-refractivity contribution in [2.24, 2.45) is 0 Å². The molecule has 20 heavy (non-hydrogen) atoms. The zero-order chi connectivity index (χ0) is 13.8. The van der Waals surface area contributed by atoms with E-state index in [4.69, 9.17) is 0 Å². The van der Waals surface area contributed by atoms with Crippen molar-refractivity contribution in [3.63, 3.8) is 0 Å². The number of carbonyl (C=O) groups excluding carboxylic acids is 1. The molecule has 1 aliphatic carbocycles. The molecule has 1 heterocycles. The Bertz CT molecular complexity index is 433. The summed E-state index contributed by atoms with van der Waals surface area (Å²) in [5.74, 6) is 1.19. The Morgan fingerprint density at radius 3 is 2.05 bits per heavy atom. The van der Waals surface area contributed by atoms with Crippen molar-refractivity contribution in [1.29, 1.82) is 0 Å². The first-order chi connectivity index (χ1) is 9.83. The minimum Gasteiger partial charge on any atom is -0.371 e. The normalized spacial score (nSPS) is 21.8. The summed E-state index contributed by atoms with van der Waals surface area (Å²) in [6, 6.07) is 9.16. The van der Waals surface area contributed by atoms with Crippen LogP contribution < -0.4 is 4.90 Å². The third-order valence-electron chi connectivity index (χ3n) is 4.91. The van der Waals surface area contributed by atoms with Crippen LogP contribution in [-0.2, 0) is 4.79 Å². The number of piperidine rings is 1. The van der Waals surface area contributed by atoms with Crippen molar-refractivity contribution in [3.05, 3.63) is 29.8 Å². The van der Waals surface area contributed by atoms with Gasteiger partial charge in [0.2, 0.25) is 0 Å². The topological polar surface area (TPSA) is 20.3 Å². The number of anilines is 1. The van der Waals surface area contributed by atoms with Crippen LogP contribution in [0.4, 0.5) is 5.69 Å². The van der Waals surface area contributed by atoms with Gasteiger partial charge in [-0.1, -0.05) is 37.8 Å². The molecule has 1 saturated carbocycles. The van der Waals surface area contributed by atoms with E-state index in [2.05, 4.69) is 29.2 Å². The van der Waals surface area contributed by atoms with Crippen LogP contribution in [0.2, 0.25) is 0 Å². The zero-order valence-corrected chi connectivity index (χ0v) is 12.3. The molecule has 0 unspecified atom stereocenters. The average Bonchev–Trinajstić information content (AvgIpc) is 2.77. The van der Waals surface area contributed by atoms with Gasteiger partial charge < -0.3 is 4.90 Å². The van der Waals surface area contributed by atoms with Gasteiger partial charge in [0.1, 0.15) is 5.78 Å². The predicted molar refractivity (Wildman–Crippen MR) is 83.3 cm³/mol. The standard InChI is InChI=1S/C18H25NO/c20-18-11-13-19(14-12-18)17-9-7-16(8-10-17)15-5-3-1-2-4-6-15/h7-10,15H,1-6,11-14H2. The lowest BCUT2D eigenvalue weighted by atomic mass is 9.91. The van der Waals surface area contributed by atoms with Crippen LogP contribution in [0, 0.1) is 0 Å². The Hall–Kier alpha value is -1.31. The van der Waals surface area contributed by atoms with Gasteiger partial charge in [-0.3, -0.25) is 4.79 Å². The molecule has 0 bridgehead atoms. The molecule has 2 heteroatoms. The third kappa shape index (κ3) is 3.23. The molecule has 1 aromatic rings. The Morgan fingerprint density at radius 1 is 0.850 bits per heavy atom. The minimum absolute atomic E-state index is 0.413. The van der Waals surface area contributed by atoms with Crippen LogP contribution in [0.5, 0.6) is 0 Å². The minimum atomic E-state index is 0.413. The number of benzene rings is 1. The summed E-state index contributed by atoms with van der Waals surface area (Å²) in [5, 5.41) is 0. The lowest BCUT2D eigenvalue weighted by Gasteiger charge is -2.28. The molecular weight excluding hydrogens is 246 g/mol. The molecule has 0 radical (unpaired) electrons. The number of ketones is 1. The summed E-state index contributed by atoms with van der Waals surface area (Å²) in [4.78, 5) is 13.7. The summed E-state index contributed by atoms with van der Waals surface area (Å²) in [6.07, 6.45) is 9.75. The molecule has 2 aliphatic rings. The molecule has 1 aliphatic heterocycles. The van der Waals surface area contributed by atoms with Crippen LogP contribution in [0.1, 0.15) is 62.8 Å². The van der Waals surface area contributed by atoms with Gasteiger partial charge in [-0.25, -0.2) is 0 Å². The molecule has 0 spiro atoms.